The van der Waals surface area contributed by atoms with E-state index in [-0.39, 0.29) is 39.2 Å². The van der Waals surface area contributed by atoms with Gasteiger partial charge in [0.2, 0.25) is 5.88 Å². The smallest absolute Gasteiger partial charge is 0.338 e. The lowest BCUT2D eigenvalue weighted by atomic mass is 9.92. The van der Waals surface area contributed by atoms with Gasteiger partial charge in [-0.3, -0.25) is 0 Å². The summed E-state index contributed by atoms with van der Waals surface area (Å²) < 4.78 is 1.32. The molecule has 0 aliphatic heterocycles. The van der Waals surface area contributed by atoms with Crippen molar-refractivity contribution < 1.29 is 30.0 Å². The van der Waals surface area contributed by atoms with E-state index in [4.69, 9.17) is 0 Å². The second kappa shape index (κ2) is 10.2. The number of carbonyl (C=O) groups is 2. The number of carboxylic acids is 2. The number of phenolic OH excluding ortho intramolecular Hbond substituents is 1. The van der Waals surface area contributed by atoms with Crippen LogP contribution in [-0.2, 0) is 0 Å². The Morgan fingerprint density at radius 2 is 1.31 bits per heavy atom. The molecule has 206 valence electrons. The van der Waals surface area contributed by atoms with Crippen LogP contribution in [0.15, 0.2) is 101 Å². The minimum absolute atomic E-state index is 0.0254. The number of aryl methyl sites for hydroxylation is 1. The van der Waals surface area contributed by atoms with E-state index < -0.39 is 23.4 Å². The summed E-state index contributed by atoms with van der Waals surface area (Å²) >= 11 is 0. The summed E-state index contributed by atoms with van der Waals surface area (Å²) in [7, 11) is 0. The maximum atomic E-state index is 12.5. The zero-order valence-electron chi connectivity index (χ0n) is 22.1. The molecule has 1 heterocycles. The minimum atomic E-state index is -1.38. The fraction of sp³-hybridized carbons (Fsp3) is 0.0312. The van der Waals surface area contributed by atoms with Gasteiger partial charge in [-0.05, 0) is 46.7 Å². The van der Waals surface area contributed by atoms with Gasteiger partial charge in [0.15, 0.2) is 5.75 Å². The van der Waals surface area contributed by atoms with Gasteiger partial charge >= 0.3 is 11.9 Å². The Morgan fingerprint density at radius 3 is 2.00 bits per heavy atom. The Morgan fingerprint density at radius 1 is 0.690 bits per heavy atom. The molecule has 0 radical (unpaired) electrons. The third kappa shape index (κ3) is 4.18. The van der Waals surface area contributed by atoms with E-state index in [1.165, 1.54) is 10.7 Å². The van der Waals surface area contributed by atoms with Crippen LogP contribution in [0, 0.1) is 6.92 Å². The average molecular weight is 559 g/mol. The fourth-order valence-corrected chi connectivity index (χ4v) is 5.21. The number of benzene rings is 5. The van der Waals surface area contributed by atoms with Crippen LogP contribution in [-0.4, -0.2) is 42.1 Å². The van der Waals surface area contributed by atoms with E-state index in [2.05, 4.69) is 15.3 Å². The van der Waals surface area contributed by atoms with Crippen molar-refractivity contribution in [1.82, 2.24) is 9.78 Å². The molecule has 10 heteroatoms. The van der Waals surface area contributed by atoms with Gasteiger partial charge in [0, 0.05) is 5.56 Å². The lowest BCUT2D eigenvalue weighted by Gasteiger charge is -2.15. The van der Waals surface area contributed by atoms with Gasteiger partial charge in [-0.25, -0.2) is 14.3 Å². The Kier molecular flexibility index (Phi) is 6.35. The number of aromatic carboxylic acids is 2. The number of carboxylic acid groups (broad SMARTS) is 2. The summed E-state index contributed by atoms with van der Waals surface area (Å²) in [5.74, 6) is -3.44. The van der Waals surface area contributed by atoms with Gasteiger partial charge in [-0.1, -0.05) is 72.8 Å². The molecule has 0 fully saturated rings. The van der Waals surface area contributed by atoms with Crippen LogP contribution in [0.5, 0.6) is 11.6 Å². The zero-order chi connectivity index (χ0) is 29.5. The SMILES string of the molecule is Cc1nn(-c2ccccc2)c(O)c1-c1c(O)c(N=Nc2ccc3ccccc3c2C(=O)O)c(C(=O)O)c2ccccc12. The topological polar surface area (TPSA) is 158 Å². The molecule has 0 saturated carbocycles. The van der Waals surface area contributed by atoms with Gasteiger partial charge in [-0.2, -0.15) is 5.10 Å². The van der Waals surface area contributed by atoms with Crippen LogP contribution in [0.3, 0.4) is 0 Å². The van der Waals surface area contributed by atoms with Crippen LogP contribution in [0.4, 0.5) is 11.4 Å². The fourth-order valence-electron chi connectivity index (χ4n) is 5.21. The molecule has 0 saturated heterocycles. The quantitative estimate of drug-likeness (QED) is 0.155. The highest BCUT2D eigenvalue weighted by Crippen LogP contribution is 2.50. The summed E-state index contributed by atoms with van der Waals surface area (Å²) in [6.07, 6.45) is 0. The van der Waals surface area contributed by atoms with Crippen molar-refractivity contribution >= 4 is 44.9 Å². The first-order valence-corrected chi connectivity index (χ1v) is 12.8. The monoisotopic (exact) mass is 558 g/mol. The molecule has 10 nitrogen and oxygen atoms in total. The number of para-hydroxylation sites is 1. The molecule has 0 aliphatic rings. The van der Waals surface area contributed by atoms with Crippen molar-refractivity contribution in [1.29, 1.82) is 0 Å². The first kappa shape index (κ1) is 26.2. The number of rotatable bonds is 6. The molecule has 6 aromatic rings. The molecule has 0 bridgehead atoms. The third-order valence-corrected chi connectivity index (χ3v) is 7.04. The van der Waals surface area contributed by atoms with Crippen molar-refractivity contribution in [2.45, 2.75) is 6.92 Å². The minimum Gasteiger partial charge on any atom is -0.505 e. The van der Waals surface area contributed by atoms with E-state index in [0.717, 1.165) is 0 Å². The van der Waals surface area contributed by atoms with E-state index in [0.29, 0.717) is 27.5 Å². The second-order valence-electron chi connectivity index (χ2n) is 9.52. The molecule has 6 rings (SSSR count). The summed E-state index contributed by atoms with van der Waals surface area (Å²) in [6, 6.07) is 25.4. The van der Waals surface area contributed by atoms with Crippen LogP contribution in [0.2, 0.25) is 0 Å². The van der Waals surface area contributed by atoms with E-state index in [9.17, 15) is 30.0 Å². The number of fused-ring (bicyclic) bond motifs is 2. The average Bonchev–Trinajstić information content (AvgIpc) is 3.28. The summed E-state index contributed by atoms with van der Waals surface area (Å²) in [6.45, 7) is 1.66. The molecular formula is C32H22N4O6. The largest absolute Gasteiger partial charge is 0.505 e. The third-order valence-electron chi connectivity index (χ3n) is 7.04. The van der Waals surface area contributed by atoms with Gasteiger partial charge < -0.3 is 20.4 Å². The highest BCUT2D eigenvalue weighted by Gasteiger charge is 2.29. The molecule has 4 N–H and O–H groups in total. The summed E-state index contributed by atoms with van der Waals surface area (Å²) in [4.78, 5) is 24.8. The Balaban J connectivity index is 1.64. The summed E-state index contributed by atoms with van der Waals surface area (Å²) in [5.41, 5.74) is 0.358. The lowest BCUT2D eigenvalue weighted by molar-refractivity contribution is 0.0688. The Bertz CT molecular complexity index is 2080. The number of aromatic nitrogens is 2. The van der Waals surface area contributed by atoms with Crippen molar-refractivity contribution in [2.75, 3.05) is 0 Å². The normalized spacial score (nSPS) is 11.5. The number of hydrogen-bond donors (Lipinski definition) is 4. The number of hydrogen-bond acceptors (Lipinski definition) is 7. The number of nitrogens with zero attached hydrogens (tertiary/aromatic N) is 4. The lowest BCUT2D eigenvalue weighted by Crippen LogP contribution is -2.01. The highest BCUT2D eigenvalue weighted by molar-refractivity contribution is 6.16. The number of aromatic hydroxyl groups is 2. The molecule has 0 unspecified atom stereocenters. The van der Waals surface area contributed by atoms with Crippen LogP contribution < -0.4 is 0 Å². The zero-order valence-corrected chi connectivity index (χ0v) is 22.1. The van der Waals surface area contributed by atoms with Crippen molar-refractivity contribution in [2.24, 2.45) is 10.2 Å². The second-order valence-corrected chi connectivity index (χ2v) is 9.52. The van der Waals surface area contributed by atoms with E-state index in [1.54, 1.807) is 85.8 Å². The molecule has 0 aliphatic carbocycles. The Hall–Kier alpha value is -6.03. The molecule has 42 heavy (non-hydrogen) atoms. The first-order chi connectivity index (χ1) is 20.3. The maximum absolute atomic E-state index is 12.5. The number of azo groups is 1. The van der Waals surface area contributed by atoms with Gasteiger partial charge in [-0.15, -0.1) is 10.2 Å². The van der Waals surface area contributed by atoms with Crippen LogP contribution >= 0.6 is 0 Å². The predicted molar refractivity (Wildman–Crippen MR) is 157 cm³/mol. The molecule has 1 aromatic heterocycles. The number of phenols is 1. The van der Waals surface area contributed by atoms with E-state index >= 15 is 0 Å². The first-order valence-electron chi connectivity index (χ1n) is 12.8. The van der Waals surface area contributed by atoms with Gasteiger partial charge in [0.05, 0.1) is 28.1 Å². The van der Waals surface area contributed by atoms with Crippen molar-refractivity contribution in [3.63, 3.8) is 0 Å². The molecule has 0 spiro atoms. The molecule has 0 amide bonds. The molecular weight excluding hydrogens is 536 g/mol. The molecule has 5 aromatic carbocycles. The van der Waals surface area contributed by atoms with Gasteiger partial charge in [0.25, 0.3) is 0 Å². The summed E-state index contributed by atoms with van der Waals surface area (Å²) in [5, 5.41) is 57.6. The maximum Gasteiger partial charge on any atom is 0.338 e. The molecule has 0 atom stereocenters. The van der Waals surface area contributed by atoms with Crippen LogP contribution in [0.25, 0.3) is 38.4 Å². The van der Waals surface area contributed by atoms with E-state index in [1.807, 2.05) is 6.07 Å². The Labute approximate surface area is 238 Å². The highest BCUT2D eigenvalue weighted by atomic mass is 16.4. The standard InChI is InChI=1S/C32H22N4O6/c1-17-24(30(38)36(35-17)19-10-3-2-4-11-19)26-21-13-7-8-14-22(21)27(32(41)42)28(29(26)37)34-33-23-16-15-18-9-5-6-12-20(18)25(23)31(39)40/h2-16,37-38H,1H3,(H,39,40)(H,41,42). The predicted octanol–water partition coefficient (Wildman–Crippen LogP) is 7.38. The van der Waals surface area contributed by atoms with Crippen LogP contribution in [0.1, 0.15) is 26.4 Å². The van der Waals surface area contributed by atoms with Crippen molar-refractivity contribution in [3.05, 3.63) is 108 Å². The van der Waals surface area contributed by atoms with Crippen molar-refractivity contribution in [3.8, 4) is 28.4 Å². The van der Waals surface area contributed by atoms with Gasteiger partial charge in [0.1, 0.15) is 11.4 Å².